The van der Waals surface area contributed by atoms with Gasteiger partial charge < -0.3 is 9.84 Å². The fraction of sp³-hybridized carbons (Fsp3) is 0.0952. The summed E-state index contributed by atoms with van der Waals surface area (Å²) in [6.07, 6.45) is 1.91. The van der Waals surface area contributed by atoms with Crippen molar-refractivity contribution in [1.82, 2.24) is 9.38 Å². The predicted molar refractivity (Wildman–Crippen MR) is 104 cm³/mol. The van der Waals surface area contributed by atoms with E-state index in [-0.39, 0.29) is 5.75 Å². The Kier molecular flexibility index (Phi) is 4.30. The van der Waals surface area contributed by atoms with Crippen LogP contribution in [0.25, 0.3) is 16.9 Å². The first-order valence-corrected chi connectivity index (χ1v) is 8.48. The second kappa shape index (κ2) is 6.92. The molecule has 0 aliphatic carbocycles. The van der Waals surface area contributed by atoms with Gasteiger partial charge in [-0.25, -0.2) is 4.98 Å². The minimum Gasteiger partial charge on any atom is -0.508 e. The molecule has 4 aromatic rings. The first-order chi connectivity index (χ1) is 13.2. The molecule has 2 aromatic heterocycles. The van der Waals surface area contributed by atoms with Crippen LogP contribution in [0.2, 0.25) is 0 Å². The van der Waals surface area contributed by atoms with E-state index in [2.05, 4.69) is 10.2 Å². The summed E-state index contributed by atoms with van der Waals surface area (Å²) in [4.78, 5) is 4.72. The third-order valence-electron chi connectivity index (χ3n) is 4.30. The zero-order valence-electron chi connectivity index (χ0n) is 15.0. The summed E-state index contributed by atoms with van der Waals surface area (Å²) >= 11 is 0. The number of aromatic nitrogens is 2. The second-order valence-corrected chi connectivity index (χ2v) is 6.11. The van der Waals surface area contributed by atoms with Crippen molar-refractivity contribution < 1.29 is 9.84 Å². The average molecular weight is 358 g/mol. The summed E-state index contributed by atoms with van der Waals surface area (Å²) in [5.74, 6) is 1.63. The maximum atomic E-state index is 9.57. The number of hydrogen-bond acceptors (Lipinski definition) is 5. The van der Waals surface area contributed by atoms with Crippen LogP contribution in [0.3, 0.4) is 0 Å². The van der Waals surface area contributed by atoms with E-state index in [0.29, 0.717) is 11.5 Å². The zero-order valence-corrected chi connectivity index (χ0v) is 15.0. The number of aromatic hydroxyl groups is 1. The molecule has 0 unspecified atom stereocenters. The van der Waals surface area contributed by atoms with Gasteiger partial charge in [-0.1, -0.05) is 6.07 Å². The predicted octanol–water partition coefficient (Wildman–Crippen LogP) is 5.44. The van der Waals surface area contributed by atoms with Gasteiger partial charge in [0.25, 0.3) is 0 Å². The van der Waals surface area contributed by atoms with Crippen LogP contribution in [0.15, 0.2) is 77.1 Å². The van der Waals surface area contributed by atoms with Crippen LogP contribution in [0.4, 0.5) is 11.5 Å². The third-order valence-corrected chi connectivity index (χ3v) is 4.30. The van der Waals surface area contributed by atoms with E-state index in [1.165, 1.54) is 0 Å². The lowest BCUT2D eigenvalue weighted by molar-refractivity contribution is 0.415. The number of aryl methyl sites for hydroxylation is 1. The second-order valence-electron chi connectivity index (χ2n) is 6.11. The minimum atomic E-state index is 0.208. The standard InChI is InChI=1S/C21H18N4O2/c1-14-13-16(26)8-11-18(14)23-24-21-20(15-6-9-17(27-2)10-7-15)22-19-5-3-4-12-25(19)21/h3-13,26H,1-2H3. The molecule has 0 saturated carbocycles. The van der Waals surface area contributed by atoms with Gasteiger partial charge in [0.1, 0.15) is 22.8 Å². The number of rotatable bonds is 4. The van der Waals surface area contributed by atoms with E-state index in [0.717, 1.165) is 28.2 Å². The van der Waals surface area contributed by atoms with Gasteiger partial charge in [0.05, 0.1) is 12.8 Å². The maximum Gasteiger partial charge on any atom is 0.187 e. The molecule has 6 nitrogen and oxygen atoms in total. The molecular formula is C21H18N4O2. The number of hydrogen-bond donors (Lipinski definition) is 1. The molecule has 134 valence electrons. The average Bonchev–Trinajstić information content (AvgIpc) is 3.06. The molecule has 0 amide bonds. The zero-order chi connectivity index (χ0) is 18.8. The molecular weight excluding hydrogens is 340 g/mol. The number of methoxy groups -OCH3 is 1. The van der Waals surface area contributed by atoms with Crippen LogP contribution in [-0.2, 0) is 0 Å². The van der Waals surface area contributed by atoms with E-state index in [4.69, 9.17) is 9.72 Å². The van der Waals surface area contributed by atoms with Crippen molar-refractivity contribution >= 4 is 17.2 Å². The highest BCUT2D eigenvalue weighted by Gasteiger charge is 2.14. The highest BCUT2D eigenvalue weighted by Crippen LogP contribution is 2.33. The molecule has 2 heterocycles. The normalized spacial score (nSPS) is 11.3. The molecule has 0 aliphatic heterocycles. The Bertz CT molecular complexity index is 1130. The van der Waals surface area contributed by atoms with E-state index in [1.807, 2.05) is 60.0 Å². The van der Waals surface area contributed by atoms with Crippen molar-refractivity contribution in [3.05, 3.63) is 72.4 Å². The molecule has 1 N–H and O–H groups in total. The van der Waals surface area contributed by atoms with Crippen molar-refractivity contribution in [3.8, 4) is 22.8 Å². The number of benzene rings is 2. The van der Waals surface area contributed by atoms with Crippen molar-refractivity contribution in [3.63, 3.8) is 0 Å². The molecule has 0 fully saturated rings. The quantitative estimate of drug-likeness (QED) is 0.494. The largest absolute Gasteiger partial charge is 0.508 e. The van der Waals surface area contributed by atoms with Crippen LogP contribution in [-0.4, -0.2) is 21.6 Å². The van der Waals surface area contributed by atoms with Gasteiger partial charge in [-0.2, -0.15) is 0 Å². The number of imidazole rings is 1. The minimum absolute atomic E-state index is 0.208. The molecule has 0 aliphatic rings. The molecule has 0 spiro atoms. The van der Waals surface area contributed by atoms with Crippen LogP contribution in [0, 0.1) is 6.92 Å². The smallest absolute Gasteiger partial charge is 0.187 e. The summed E-state index contributed by atoms with van der Waals surface area (Å²) in [7, 11) is 1.64. The van der Waals surface area contributed by atoms with Crippen molar-refractivity contribution in [1.29, 1.82) is 0 Å². The molecule has 2 aromatic carbocycles. The molecule has 27 heavy (non-hydrogen) atoms. The lowest BCUT2D eigenvalue weighted by Crippen LogP contribution is -1.84. The van der Waals surface area contributed by atoms with E-state index in [1.54, 1.807) is 25.3 Å². The summed E-state index contributed by atoms with van der Waals surface area (Å²) < 4.78 is 7.14. The number of azo groups is 1. The SMILES string of the molecule is COc1ccc(-c2nc3ccccn3c2N=Nc2ccc(O)cc2C)cc1. The van der Waals surface area contributed by atoms with Gasteiger partial charge in [-0.15, -0.1) is 10.2 Å². The van der Waals surface area contributed by atoms with Gasteiger partial charge in [0.2, 0.25) is 0 Å². The summed E-state index contributed by atoms with van der Waals surface area (Å²) in [5.41, 5.74) is 4.00. The fourth-order valence-electron chi connectivity index (χ4n) is 2.87. The molecule has 0 atom stereocenters. The van der Waals surface area contributed by atoms with Gasteiger partial charge in [0, 0.05) is 11.8 Å². The topological polar surface area (TPSA) is 71.5 Å². The Morgan fingerprint density at radius 3 is 2.56 bits per heavy atom. The lowest BCUT2D eigenvalue weighted by atomic mass is 10.1. The van der Waals surface area contributed by atoms with Crippen LogP contribution in [0.5, 0.6) is 11.5 Å². The van der Waals surface area contributed by atoms with Crippen LogP contribution in [0.1, 0.15) is 5.56 Å². The van der Waals surface area contributed by atoms with Gasteiger partial charge in [0.15, 0.2) is 5.82 Å². The van der Waals surface area contributed by atoms with E-state index < -0.39 is 0 Å². The highest BCUT2D eigenvalue weighted by atomic mass is 16.5. The lowest BCUT2D eigenvalue weighted by Gasteiger charge is -2.03. The van der Waals surface area contributed by atoms with Crippen molar-refractivity contribution in [2.75, 3.05) is 7.11 Å². The third kappa shape index (κ3) is 3.25. The number of phenolic OH excluding ortho intramolecular Hbond substituents is 1. The Hall–Kier alpha value is -3.67. The number of pyridine rings is 1. The number of fused-ring (bicyclic) bond motifs is 1. The van der Waals surface area contributed by atoms with E-state index in [9.17, 15) is 5.11 Å². The Morgan fingerprint density at radius 2 is 1.81 bits per heavy atom. The maximum absolute atomic E-state index is 9.57. The van der Waals surface area contributed by atoms with Crippen molar-refractivity contribution in [2.45, 2.75) is 6.92 Å². The number of nitrogens with zero attached hydrogens (tertiary/aromatic N) is 4. The Labute approximate surface area is 156 Å². The van der Waals surface area contributed by atoms with Gasteiger partial charge in [-0.3, -0.25) is 4.40 Å². The first-order valence-electron chi connectivity index (χ1n) is 8.48. The van der Waals surface area contributed by atoms with Crippen LogP contribution < -0.4 is 4.74 Å². The summed E-state index contributed by atoms with van der Waals surface area (Å²) in [6.45, 7) is 1.88. The molecule has 6 heteroatoms. The summed E-state index contributed by atoms with van der Waals surface area (Å²) in [6, 6.07) is 18.5. The molecule has 0 saturated heterocycles. The number of phenols is 1. The molecule has 0 bridgehead atoms. The molecule has 0 radical (unpaired) electrons. The van der Waals surface area contributed by atoms with E-state index >= 15 is 0 Å². The number of ether oxygens (including phenoxy) is 1. The van der Waals surface area contributed by atoms with Gasteiger partial charge >= 0.3 is 0 Å². The molecule has 4 rings (SSSR count). The fourth-order valence-corrected chi connectivity index (χ4v) is 2.87. The van der Waals surface area contributed by atoms with Gasteiger partial charge in [-0.05, 0) is 67.1 Å². The van der Waals surface area contributed by atoms with Crippen LogP contribution >= 0.6 is 0 Å². The highest BCUT2D eigenvalue weighted by molar-refractivity contribution is 5.74. The Morgan fingerprint density at radius 1 is 1.00 bits per heavy atom. The van der Waals surface area contributed by atoms with Crippen molar-refractivity contribution in [2.24, 2.45) is 10.2 Å². The monoisotopic (exact) mass is 358 g/mol. The Balaban J connectivity index is 1.83. The first kappa shape index (κ1) is 16.8. The summed E-state index contributed by atoms with van der Waals surface area (Å²) in [5, 5.41) is 18.4.